The van der Waals surface area contributed by atoms with Crippen molar-refractivity contribution < 1.29 is 4.74 Å². The van der Waals surface area contributed by atoms with Crippen LogP contribution in [0.3, 0.4) is 0 Å². The molecule has 0 bridgehead atoms. The van der Waals surface area contributed by atoms with Gasteiger partial charge in [-0.2, -0.15) is 11.8 Å². The van der Waals surface area contributed by atoms with Crippen LogP contribution in [0.1, 0.15) is 52.4 Å². The first-order chi connectivity index (χ1) is 9.04. The average Bonchev–Trinajstić information content (AvgIpc) is 2.82. The van der Waals surface area contributed by atoms with Crippen LogP contribution >= 0.6 is 11.8 Å². The molecule has 2 saturated heterocycles. The van der Waals surface area contributed by atoms with Gasteiger partial charge in [-0.15, -0.1) is 0 Å². The summed E-state index contributed by atoms with van der Waals surface area (Å²) in [4.78, 5) is 0. The zero-order valence-electron chi connectivity index (χ0n) is 12.5. The van der Waals surface area contributed by atoms with Crippen molar-refractivity contribution >= 4 is 11.8 Å². The fraction of sp³-hybridized carbons (Fsp3) is 1.00. The SMILES string of the molecule is CC1CCC(N)(C2CCOC3(CCSC3)C2)C(C)C1. The van der Waals surface area contributed by atoms with Gasteiger partial charge >= 0.3 is 0 Å². The second-order valence-corrected chi connectivity index (χ2v) is 8.52. The van der Waals surface area contributed by atoms with E-state index in [-0.39, 0.29) is 11.1 Å². The first-order valence-corrected chi connectivity index (χ1v) is 9.20. The van der Waals surface area contributed by atoms with Crippen molar-refractivity contribution in [1.29, 1.82) is 0 Å². The summed E-state index contributed by atoms with van der Waals surface area (Å²) >= 11 is 2.06. The molecular formula is C16H29NOS. The molecule has 5 atom stereocenters. The first kappa shape index (κ1) is 14.2. The Bertz CT molecular complexity index is 329. The summed E-state index contributed by atoms with van der Waals surface area (Å²) in [7, 11) is 0. The molecule has 2 nitrogen and oxygen atoms in total. The zero-order chi connectivity index (χ0) is 13.5. The molecule has 5 unspecified atom stereocenters. The Balaban J connectivity index is 1.73. The van der Waals surface area contributed by atoms with Gasteiger partial charge in [0, 0.05) is 17.9 Å². The summed E-state index contributed by atoms with van der Waals surface area (Å²) < 4.78 is 6.17. The third kappa shape index (κ3) is 2.58. The number of hydrogen-bond donors (Lipinski definition) is 1. The standard InChI is InChI=1S/C16H29NOS/c1-12-3-5-16(17,13(2)9-12)14-4-7-18-15(10-14)6-8-19-11-15/h12-14H,3-11,17H2,1-2H3. The molecule has 3 fully saturated rings. The van der Waals surface area contributed by atoms with Gasteiger partial charge in [-0.3, -0.25) is 0 Å². The minimum atomic E-state index is 0.0799. The summed E-state index contributed by atoms with van der Waals surface area (Å²) in [6.45, 7) is 5.71. The minimum absolute atomic E-state index is 0.0799. The number of nitrogens with two attached hydrogens (primary N) is 1. The maximum Gasteiger partial charge on any atom is 0.0783 e. The molecule has 110 valence electrons. The molecule has 3 rings (SSSR count). The van der Waals surface area contributed by atoms with Gasteiger partial charge in [-0.05, 0) is 62.0 Å². The molecule has 2 N–H and O–H groups in total. The minimum Gasteiger partial charge on any atom is -0.374 e. The van der Waals surface area contributed by atoms with E-state index in [1.165, 1.54) is 50.0 Å². The Labute approximate surface area is 122 Å². The lowest BCUT2D eigenvalue weighted by Gasteiger charge is -2.51. The molecule has 19 heavy (non-hydrogen) atoms. The van der Waals surface area contributed by atoms with E-state index in [4.69, 9.17) is 10.5 Å². The van der Waals surface area contributed by atoms with Crippen molar-refractivity contribution in [2.24, 2.45) is 23.5 Å². The second kappa shape index (κ2) is 5.23. The van der Waals surface area contributed by atoms with Crippen LogP contribution in [0.5, 0.6) is 0 Å². The van der Waals surface area contributed by atoms with Crippen LogP contribution in [0.25, 0.3) is 0 Å². The van der Waals surface area contributed by atoms with E-state index in [0.29, 0.717) is 11.8 Å². The normalized spacial score (nSPS) is 51.6. The van der Waals surface area contributed by atoms with Crippen LogP contribution < -0.4 is 5.73 Å². The highest BCUT2D eigenvalue weighted by Gasteiger charge is 2.49. The lowest BCUT2D eigenvalue weighted by Crippen LogP contribution is -2.59. The van der Waals surface area contributed by atoms with E-state index >= 15 is 0 Å². The third-order valence-corrected chi connectivity index (χ3v) is 7.29. The Morgan fingerprint density at radius 3 is 2.74 bits per heavy atom. The number of thioether (sulfide) groups is 1. The van der Waals surface area contributed by atoms with E-state index < -0.39 is 0 Å². The smallest absolute Gasteiger partial charge is 0.0783 e. The van der Waals surface area contributed by atoms with E-state index in [1.807, 2.05) is 0 Å². The molecule has 0 aromatic heterocycles. The average molecular weight is 283 g/mol. The van der Waals surface area contributed by atoms with E-state index in [1.54, 1.807) is 0 Å². The number of ether oxygens (including phenoxy) is 1. The fourth-order valence-corrected chi connectivity index (χ4v) is 6.02. The second-order valence-electron chi connectivity index (χ2n) is 7.42. The van der Waals surface area contributed by atoms with E-state index in [0.717, 1.165) is 12.5 Å². The van der Waals surface area contributed by atoms with Gasteiger partial charge in [-0.25, -0.2) is 0 Å². The summed E-state index contributed by atoms with van der Waals surface area (Å²) in [6, 6.07) is 0. The van der Waals surface area contributed by atoms with Crippen molar-refractivity contribution in [2.75, 3.05) is 18.1 Å². The molecule has 2 heterocycles. The largest absolute Gasteiger partial charge is 0.374 e. The first-order valence-electron chi connectivity index (χ1n) is 8.05. The molecule has 1 saturated carbocycles. The molecule has 3 heteroatoms. The number of hydrogen-bond acceptors (Lipinski definition) is 3. The maximum absolute atomic E-state index is 6.93. The summed E-state index contributed by atoms with van der Waals surface area (Å²) in [6.07, 6.45) is 7.50. The van der Waals surface area contributed by atoms with Gasteiger partial charge in [0.1, 0.15) is 0 Å². The van der Waals surface area contributed by atoms with Gasteiger partial charge in [-0.1, -0.05) is 13.8 Å². The fourth-order valence-electron chi connectivity index (χ4n) is 4.64. The Hall–Kier alpha value is 0.270. The predicted octanol–water partition coefficient (Wildman–Crippen LogP) is 3.44. The molecule has 3 aliphatic rings. The van der Waals surface area contributed by atoms with E-state index in [2.05, 4.69) is 25.6 Å². The summed E-state index contributed by atoms with van der Waals surface area (Å²) in [5, 5.41) is 0. The van der Waals surface area contributed by atoms with Crippen LogP contribution in [0, 0.1) is 17.8 Å². The highest BCUT2D eigenvalue weighted by Crippen LogP contribution is 2.48. The predicted molar refractivity (Wildman–Crippen MR) is 82.4 cm³/mol. The molecule has 0 radical (unpaired) electrons. The number of rotatable bonds is 1. The van der Waals surface area contributed by atoms with Crippen LogP contribution in [0.15, 0.2) is 0 Å². The topological polar surface area (TPSA) is 35.2 Å². The van der Waals surface area contributed by atoms with Gasteiger partial charge in [0.25, 0.3) is 0 Å². The van der Waals surface area contributed by atoms with Crippen molar-refractivity contribution in [2.45, 2.75) is 63.5 Å². The lowest BCUT2D eigenvalue weighted by atomic mass is 9.61. The highest BCUT2D eigenvalue weighted by atomic mass is 32.2. The molecule has 1 aliphatic carbocycles. The van der Waals surface area contributed by atoms with Crippen LogP contribution in [-0.2, 0) is 4.74 Å². The molecule has 0 aromatic carbocycles. The van der Waals surface area contributed by atoms with Crippen molar-refractivity contribution in [3.8, 4) is 0 Å². The van der Waals surface area contributed by atoms with Crippen LogP contribution in [-0.4, -0.2) is 29.3 Å². The monoisotopic (exact) mass is 283 g/mol. The van der Waals surface area contributed by atoms with Crippen molar-refractivity contribution in [1.82, 2.24) is 0 Å². The molecular weight excluding hydrogens is 254 g/mol. The molecule has 1 spiro atoms. The molecule has 0 aromatic rings. The summed E-state index contributed by atoms with van der Waals surface area (Å²) in [5.41, 5.74) is 7.19. The highest BCUT2D eigenvalue weighted by molar-refractivity contribution is 7.99. The van der Waals surface area contributed by atoms with Crippen molar-refractivity contribution in [3.63, 3.8) is 0 Å². The lowest BCUT2D eigenvalue weighted by molar-refractivity contribution is -0.102. The zero-order valence-corrected chi connectivity index (χ0v) is 13.3. The Morgan fingerprint density at radius 2 is 2.05 bits per heavy atom. The summed E-state index contributed by atoms with van der Waals surface area (Å²) in [5.74, 6) is 4.69. The molecule has 0 amide bonds. The Morgan fingerprint density at radius 1 is 1.21 bits per heavy atom. The van der Waals surface area contributed by atoms with Gasteiger partial charge < -0.3 is 10.5 Å². The quantitative estimate of drug-likeness (QED) is 0.800. The van der Waals surface area contributed by atoms with Gasteiger partial charge in [0.15, 0.2) is 0 Å². The third-order valence-electron chi connectivity index (χ3n) is 6.06. The maximum atomic E-state index is 6.93. The van der Waals surface area contributed by atoms with Crippen LogP contribution in [0.2, 0.25) is 0 Å². The van der Waals surface area contributed by atoms with E-state index in [9.17, 15) is 0 Å². The van der Waals surface area contributed by atoms with Gasteiger partial charge in [0.05, 0.1) is 5.60 Å². The van der Waals surface area contributed by atoms with Crippen molar-refractivity contribution in [3.05, 3.63) is 0 Å². The molecule has 2 aliphatic heterocycles. The Kier molecular flexibility index (Phi) is 3.92. The van der Waals surface area contributed by atoms with Crippen LogP contribution in [0.4, 0.5) is 0 Å². The van der Waals surface area contributed by atoms with Gasteiger partial charge in [0.2, 0.25) is 0 Å².